The van der Waals surface area contributed by atoms with Gasteiger partial charge in [-0.3, -0.25) is 19.6 Å². The van der Waals surface area contributed by atoms with Gasteiger partial charge in [-0.05, 0) is 49.1 Å². The Balaban J connectivity index is 2.08. The van der Waals surface area contributed by atoms with Gasteiger partial charge in [0, 0.05) is 24.2 Å². The zero-order valence-corrected chi connectivity index (χ0v) is 19.0. The van der Waals surface area contributed by atoms with Crippen LogP contribution in [-0.2, 0) is 24.5 Å². The van der Waals surface area contributed by atoms with E-state index in [4.69, 9.17) is 14.5 Å². The second kappa shape index (κ2) is 9.20. The highest BCUT2D eigenvalue weighted by molar-refractivity contribution is 8.14. The van der Waals surface area contributed by atoms with Crippen molar-refractivity contribution in [1.82, 2.24) is 0 Å². The Morgan fingerprint density at radius 2 is 1.90 bits per heavy atom. The van der Waals surface area contributed by atoms with Gasteiger partial charge in [0.25, 0.3) is 0 Å². The molecule has 1 aromatic carbocycles. The van der Waals surface area contributed by atoms with E-state index in [0.717, 1.165) is 46.5 Å². The molecule has 0 aliphatic carbocycles. The van der Waals surface area contributed by atoms with Gasteiger partial charge in [-0.1, -0.05) is 26.8 Å². The Bertz CT molecular complexity index is 871. The molecule has 1 aromatic rings. The fourth-order valence-electron chi connectivity index (χ4n) is 3.45. The summed E-state index contributed by atoms with van der Waals surface area (Å²) in [5, 5.41) is 0.978. The third-order valence-corrected chi connectivity index (χ3v) is 5.93. The zero-order chi connectivity index (χ0) is 21.9. The first-order valence-corrected chi connectivity index (χ1v) is 11.1. The van der Waals surface area contributed by atoms with E-state index in [2.05, 4.69) is 42.8 Å². The number of carbonyl (C=O) groups excluding carboxylic acids is 2. The van der Waals surface area contributed by atoms with Crippen molar-refractivity contribution in [3.8, 4) is 0 Å². The van der Waals surface area contributed by atoms with Gasteiger partial charge in [0.15, 0.2) is 11.1 Å². The molecular weight excluding hydrogens is 402 g/mol. The number of fused-ring (bicyclic) bond motifs is 3. The van der Waals surface area contributed by atoms with Crippen molar-refractivity contribution < 1.29 is 19.1 Å². The molecule has 0 N–H and O–H groups in total. The van der Waals surface area contributed by atoms with E-state index in [0.29, 0.717) is 0 Å². The number of aliphatic imine (C=N–C) groups is 2. The lowest BCUT2D eigenvalue weighted by molar-refractivity contribution is -0.157. The largest absolute Gasteiger partial charge is 0.465 e. The van der Waals surface area contributed by atoms with Crippen LogP contribution in [-0.4, -0.2) is 49.6 Å². The van der Waals surface area contributed by atoms with E-state index in [1.165, 1.54) is 6.21 Å². The number of amidine groups is 1. The Morgan fingerprint density at radius 3 is 2.50 bits per heavy atom. The van der Waals surface area contributed by atoms with Crippen LogP contribution in [0.5, 0.6) is 0 Å². The predicted octanol–water partition coefficient (Wildman–Crippen LogP) is 4.10. The first kappa shape index (κ1) is 22.3. The Kier molecular flexibility index (Phi) is 6.85. The normalized spacial score (nSPS) is 15.8. The summed E-state index contributed by atoms with van der Waals surface area (Å²) in [6, 6.07) is 4.18. The Morgan fingerprint density at radius 1 is 1.23 bits per heavy atom. The lowest BCUT2D eigenvalue weighted by Crippen LogP contribution is -2.31. The maximum atomic E-state index is 12.4. The first-order valence-electron chi connectivity index (χ1n) is 10.3. The average molecular weight is 432 g/mol. The third kappa shape index (κ3) is 4.53. The number of benzene rings is 1. The summed E-state index contributed by atoms with van der Waals surface area (Å²) in [6.07, 6.45) is 2.34. The van der Waals surface area contributed by atoms with Crippen molar-refractivity contribution >= 4 is 46.5 Å². The second-order valence-electron chi connectivity index (χ2n) is 8.09. The minimum atomic E-state index is -1.20. The van der Waals surface area contributed by atoms with Crippen LogP contribution >= 0.6 is 11.8 Å². The number of ether oxygens (including phenoxy) is 2. The van der Waals surface area contributed by atoms with Crippen molar-refractivity contribution in [2.75, 3.05) is 31.2 Å². The molecule has 0 amide bonds. The molecule has 2 heterocycles. The van der Waals surface area contributed by atoms with Crippen LogP contribution in [0.4, 0.5) is 11.4 Å². The molecule has 0 unspecified atom stereocenters. The molecule has 162 valence electrons. The van der Waals surface area contributed by atoms with E-state index in [1.54, 1.807) is 25.6 Å². The number of rotatable bonds is 6. The summed E-state index contributed by atoms with van der Waals surface area (Å²) in [6.45, 7) is 11.8. The molecule has 0 spiro atoms. The fourth-order valence-corrected chi connectivity index (χ4v) is 4.53. The highest BCUT2D eigenvalue weighted by Gasteiger charge is 2.34. The minimum absolute atomic E-state index is 0.175. The summed E-state index contributed by atoms with van der Waals surface area (Å²) in [7, 11) is 0. The van der Waals surface area contributed by atoms with Crippen LogP contribution in [0.15, 0.2) is 27.0 Å². The van der Waals surface area contributed by atoms with Crippen LogP contribution in [0, 0.1) is 5.92 Å². The number of nitrogens with zero attached hydrogens (tertiary/aromatic N) is 3. The molecule has 2 aliphatic rings. The van der Waals surface area contributed by atoms with Crippen molar-refractivity contribution in [3.63, 3.8) is 0 Å². The summed E-state index contributed by atoms with van der Waals surface area (Å²) in [5.74, 6) is -2.50. The lowest BCUT2D eigenvalue weighted by atomic mass is 9.85. The van der Waals surface area contributed by atoms with Crippen molar-refractivity contribution in [2.24, 2.45) is 15.9 Å². The molecule has 8 heteroatoms. The van der Waals surface area contributed by atoms with Gasteiger partial charge >= 0.3 is 11.9 Å². The SMILES string of the molecule is CCOC(=O)C(C=Nc1c(C(C)(C)C)ccc2c1N1CCCN=C1S2)C(=O)OCC. The molecule has 0 saturated carbocycles. The smallest absolute Gasteiger partial charge is 0.325 e. The molecule has 0 saturated heterocycles. The maximum Gasteiger partial charge on any atom is 0.325 e. The number of anilines is 1. The number of hydrogen-bond acceptors (Lipinski definition) is 8. The zero-order valence-electron chi connectivity index (χ0n) is 18.2. The van der Waals surface area contributed by atoms with Crippen LogP contribution < -0.4 is 4.90 Å². The van der Waals surface area contributed by atoms with Crippen molar-refractivity contribution in [2.45, 2.75) is 51.3 Å². The molecule has 0 aromatic heterocycles. The van der Waals surface area contributed by atoms with Crippen LogP contribution in [0.2, 0.25) is 0 Å². The van der Waals surface area contributed by atoms with Gasteiger partial charge < -0.3 is 14.4 Å². The monoisotopic (exact) mass is 431 g/mol. The van der Waals surface area contributed by atoms with E-state index in [1.807, 2.05) is 0 Å². The number of hydrogen-bond donors (Lipinski definition) is 0. The van der Waals surface area contributed by atoms with Gasteiger partial charge in [-0.15, -0.1) is 0 Å². The van der Waals surface area contributed by atoms with Crippen LogP contribution in [0.3, 0.4) is 0 Å². The molecule has 0 radical (unpaired) electrons. The molecule has 0 bridgehead atoms. The minimum Gasteiger partial charge on any atom is -0.465 e. The number of carbonyl (C=O) groups is 2. The van der Waals surface area contributed by atoms with E-state index in [-0.39, 0.29) is 18.6 Å². The highest BCUT2D eigenvalue weighted by Crippen LogP contribution is 2.50. The van der Waals surface area contributed by atoms with Crippen molar-refractivity contribution in [1.29, 1.82) is 0 Å². The van der Waals surface area contributed by atoms with Gasteiger partial charge in [0.05, 0.1) is 24.6 Å². The standard InChI is InChI=1S/C22H29N3O4S/c1-6-28-19(26)14(20(27)29-7-2)13-24-17-15(22(3,4)5)9-10-16-18(17)25-12-8-11-23-21(25)30-16/h9-10,13-14H,6-8,11-12H2,1-5H3. The summed E-state index contributed by atoms with van der Waals surface area (Å²) < 4.78 is 10.1. The maximum absolute atomic E-state index is 12.4. The number of thioether (sulfide) groups is 1. The lowest BCUT2D eigenvalue weighted by Gasteiger charge is -2.27. The van der Waals surface area contributed by atoms with E-state index >= 15 is 0 Å². The van der Waals surface area contributed by atoms with E-state index in [9.17, 15) is 9.59 Å². The van der Waals surface area contributed by atoms with Gasteiger partial charge in [0.2, 0.25) is 0 Å². The highest BCUT2D eigenvalue weighted by atomic mass is 32.2. The molecule has 2 aliphatic heterocycles. The van der Waals surface area contributed by atoms with Gasteiger partial charge in [-0.2, -0.15) is 0 Å². The quantitative estimate of drug-likeness (QED) is 0.383. The second-order valence-corrected chi connectivity index (χ2v) is 9.10. The van der Waals surface area contributed by atoms with E-state index < -0.39 is 17.9 Å². The molecule has 0 atom stereocenters. The topological polar surface area (TPSA) is 80.6 Å². The molecular formula is C22H29N3O4S. The first-order chi connectivity index (χ1) is 14.3. The summed E-state index contributed by atoms with van der Waals surface area (Å²) in [4.78, 5) is 37.4. The van der Waals surface area contributed by atoms with Crippen LogP contribution in [0.25, 0.3) is 0 Å². The molecule has 0 fully saturated rings. The summed E-state index contributed by atoms with van der Waals surface area (Å²) in [5.41, 5.74) is 2.62. The molecule has 30 heavy (non-hydrogen) atoms. The number of esters is 2. The molecule has 7 nitrogen and oxygen atoms in total. The average Bonchev–Trinajstić information content (AvgIpc) is 3.06. The fraction of sp³-hybridized carbons (Fsp3) is 0.545. The van der Waals surface area contributed by atoms with Gasteiger partial charge in [0.1, 0.15) is 0 Å². The third-order valence-electron chi connectivity index (χ3n) is 4.84. The summed E-state index contributed by atoms with van der Waals surface area (Å²) >= 11 is 1.64. The molecule has 3 rings (SSSR count). The van der Waals surface area contributed by atoms with Crippen LogP contribution in [0.1, 0.15) is 46.6 Å². The Hall–Kier alpha value is -2.35. The van der Waals surface area contributed by atoms with Gasteiger partial charge in [-0.25, -0.2) is 0 Å². The predicted molar refractivity (Wildman–Crippen MR) is 120 cm³/mol. The Labute approximate surface area is 181 Å². The van der Waals surface area contributed by atoms with Crippen molar-refractivity contribution in [3.05, 3.63) is 17.7 Å².